The maximum Gasteiger partial charge on any atom is 0.354 e. The second-order valence-corrected chi connectivity index (χ2v) is 13.0. The molecule has 6 aromatic rings. The van der Waals surface area contributed by atoms with Gasteiger partial charge >= 0.3 is 5.97 Å². The van der Waals surface area contributed by atoms with E-state index in [0.29, 0.717) is 36.8 Å². The molecule has 8 nitrogen and oxygen atoms in total. The summed E-state index contributed by atoms with van der Waals surface area (Å²) in [6.07, 6.45) is 4.17. The number of hydrogen-bond acceptors (Lipinski definition) is 5. The van der Waals surface area contributed by atoms with Crippen LogP contribution < -0.4 is 4.74 Å². The Balaban J connectivity index is 1.37. The smallest absolute Gasteiger partial charge is 0.354 e. The lowest BCUT2D eigenvalue weighted by molar-refractivity contribution is 0.0587. The number of carbonyl (C=O) groups excluding carboxylic acids is 1. The quantitative estimate of drug-likeness (QED) is 0.169. The fourth-order valence-corrected chi connectivity index (χ4v) is 7.45. The van der Waals surface area contributed by atoms with Crippen LogP contribution in [0.2, 0.25) is 5.02 Å². The SMILES string of the molecule is COC(=O)c1c(C)c2c3c(Cl)ccc2n1CCCOc1cc(cc2ccccc12)CCc1cc(nn1C)CCCn1nc(C)c(C)c1-3. The summed E-state index contributed by atoms with van der Waals surface area (Å²) in [5.41, 5.74) is 9.75. The third kappa shape index (κ3) is 5.58. The number of rotatable bonds is 1. The number of carbonyl (C=O) groups is 1. The molecule has 0 atom stereocenters. The number of ether oxygens (including phenoxy) is 2. The van der Waals surface area contributed by atoms with Crippen LogP contribution in [-0.2, 0) is 44.1 Å². The van der Waals surface area contributed by atoms with Crippen LogP contribution in [0.5, 0.6) is 5.75 Å². The van der Waals surface area contributed by atoms with Crippen molar-refractivity contribution in [1.82, 2.24) is 24.1 Å². The molecule has 8 bridgehead atoms. The average Bonchev–Trinajstić information content (AvgIpc) is 3.66. The van der Waals surface area contributed by atoms with Crippen molar-refractivity contribution in [3.05, 3.63) is 99.1 Å². The summed E-state index contributed by atoms with van der Waals surface area (Å²) in [6.45, 7) is 7.90. The Hall–Kier alpha value is -4.56. The first-order chi connectivity index (χ1) is 22.7. The number of benzene rings is 3. The van der Waals surface area contributed by atoms with Gasteiger partial charge in [0.2, 0.25) is 0 Å². The molecule has 3 aromatic heterocycles. The van der Waals surface area contributed by atoms with Gasteiger partial charge in [0.1, 0.15) is 11.4 Å². The van der Waals surface area contributed by atoms with Crippen LogP contribution in [0.3, 0.4) is 0 Å². The van der Waals surface area contributed by atoms with E-state index >= 15 is 0 Å². The highest BCUT2D eigenvalue weighted by Gasteiger charge is 2.27. The Kier molecular flexibility index (Phi) is 8.30. The number of hydrogen-bond donors (Lipinski definition) is 0. The number of fused-ring (bicyclic) bond motifs is 8. The van der Waals surface area contributed by atoms with Crippen molar-refractivity contribution in [2.24, 2.45) is 7.05 Å². The molecule has 1 aliphatic heterocycles. The molecule has 47 heavy (non-hydrogen) atoms. The second-order valence-electron chi connectivity index (χ2n) is 12.6. The highest BCUT2D eigenvalue weighted by molar-refractivity contribution is 6.35. The van der Waals surface area contributed by atoms with Crippen LogP contribution >= 0.6 is 11.6 Å². The zero-order valence-electron chi connectivity index (χ0n) is 27.7. The van der Waals surface area contributed by atoms with Crippen molar-refractivity contribution in [1.29, 1.82) is 0 Å². The molecule has 242 valence electrons. The molecule has 0 aliphatic carbocycles. The van der Waals surface area contributed by atoms with E-state index in [9.17, 15) is 4.79 Å². The van der Waals surface area contributed by atoms with Gasteiger partial charge in [0.15, 0.2) is 0 Å². The van der Waals surface area contributed by atoms with Gasteiger partial charge in [-0.1, -0.05) is 41.9 Å². The summed E-state index contributed by atoms with van der Waals surface area (Å²) < 4.78 is 18.0. The molecule has 3 aromatic carbocycles. The Bertz CT molecular complexity index is 2150. The summed E-state index contributed by atoms with van der Waals surface area (Å²) in [5.74, 6) is 0.510. The third-order valence-electron chi connectivity index (χ3n) is 9.63. The first kappa shape index (κ1) is 31.1. The molecule has 0 amide bonds. The highest BCUT2D eigenvalue weighted by Crippen LogP contribution is 2.42. The van der Waals surface area contributed by atoms with Gasteiger partial charge in [0, 0.05) is 47.7 Å². The zero-order valence-corrected chi connectivity index (χ0v) is 28.4. The van der Waals surface area contributed by atoms with Crippen molar-refractivity contribution in [3.8, 4) is 17.0 Å². The third-order valence-corrected chi connectivity index (χ3v) is 9.95. The van der Waals surface area contributed by atoms with E-state index in [4.69, 9.17) is 31.3 Å². The molecule has 0 radical (unpaired) electrons. The Morgan fingerprint density at radius 3 is 2.60 bits per heavy atom. The summed E-state index contributed by atoms with van der Waals surface area (Å²) in [6, 6.07) is 19.0. The van der Waals surface area contributed by atoms with Crippen LogP contribution in [0.4, 0.5) is 0 Å². The maximum atomic E-state index is 13.3. The van der Waals surface area contributed by atoms with Gasteiger partial charge < -0.3 is 14.0 Å². The lowest BCUT2D eigenvalue weighted by atomic mass is 9.99. The van der Waals surface area contributed by atoms with E-state index < -0.39 is 0 Å². The van der Waals surface area contributed by atoms with Gasteiger partial charge in [-0.3, -0.25) is 9.36 Å². The van der Waals surface area contributed by atoms with Gasteiger partial charge in [0.05, 0.1) is 35.8 Å². The summed E-state index contributed by atoms with van der Waals surface area (Å²) >= 11 is 7.05. The maximum absolute atomic E-state index is 13.3. The molecular weight excluding hydrogens is 610 g/mol. The normalized spacial score (nSPS) is 14.2. The van der Waals surface area contributed by atoms with E-state index in [1.807, 2.05) is 43.8 Å². The van der Waals surface area contributed by atoms with Crippen LogP contribution in [-0.4, -0.2) is 43.8 Å². The first-order valence-electron chi connectivity index (χ1n) is 16.4. The van der Waals surface area contributed by atoms with Crippen LogP contribution in [0.15, 0.2) is 54.6 Å². The van der Waals surface area contributed by atoms with Crippen LogP contribution in [0, 0.1) is 20.8 Å². The molecule has 4 heterocycles. The van der Waals surface area contributed by atoms with E-state index in [2.05, 4.69) is 52.6 Å². The van der Waals surface area contributed by atoms with Gasteiger partial charge in [-0.05, 0) is 99.2 Å². The minimum absolute atomic E-state index is 0.369. The van der Waals surface area contributed by atoms with E-state index in [0.717, 1.165) is 86.9 Å². The molecule has 0 fully saturated rings. The van der Waals surface area contributed by atoms with Crippen molar-refractivity contribution >= 4 is 39.2 Å². The Morgan fingerprint density at radius 2 is 1.77 bits per heavy atom. The van der Waals surface area contributed by atoms with Crippen molar-refractivity contribution in [2.45, 2.75) is 66.0 Å². The molecule has 0 unspecified atom stereocenters. The van der Waals surface area contributed by atoms with Gasteiger partial charge in [-0.2, -0.15) is 10.2 Å². The predicted molar refractivity (Wildman–Crippen MR) is 187 cm³/mol. The number of halogens is 1. The fourth-order valence-electron chi connectivity index (χ4n) is 7.20. The van der Waals surface area contributed by atoms with E-state index in [1.54, 1.807) is 0 Å². The average molecular weight is 650 g/mol. The minimum Gasteiger partial charge on any atom is -0.493 e. The number of aryl methyl sites for hydroxylation is 8. The van der Waals surface area contributed by atoms with Crippen LogP contribution in [0.1, 0.15) is 57.1 Å². The minimum atomic E-state index is -0.369. The highest BCUT2D eigenvalue weighted by atomic mass is 35.5. The van der Waals surface area contributed by atoms with Gasteiger partial charge in [0.25, 0.3) is 0 Å². The first-order valence-corrected chi connectivity index (χ1v) is 16.7. The zero-order chi connectivity index (χ0) is 32.8. The molecule has 7 rings (SSSR count). The monoisotopic (exact) mass is 649 g/mol. The number of esters is 1. The summed E-state index contributed by atoms with van der Waals surface area (Å²) in [4.78, 5) is 13.3. The lowest BCUT2D eigenvalue weighted by Gasteiger charge is -2.14. The number of methoxy groups -OCH3 is 1. The number of aromatic nitrogens is 5. The molecular formula is C38H40ClN5O3. The summed E-state index contributed by atoms with van der Waals surface area (Å²) in [5, 5.41) is 13.7. The molecule has 0 saturated heterocycles. The fraction of sp³-hybridized carbons (Fsp3) is 0.342. The Labute approximate surface area is 279 Å². The van der Waals surface area contributed by atoms with Gasteiger partial charge in [-0.15, -0.1) is 0 Å². The van der Waals surface area contributed by atoms with Crippen molar-refractivity contribution in [3.63, 3.8) is 0 Å². The molecule has 0 spiro atoms. The topological polar surface area (TPSA) is 76.1 Å². The van der Waals surface area contributed by atoms with E-state index in [-0.39, 0.29) is 5.97 Å². The second kappa shape index (κ2) is 12.6. The van der Waals surface area contributed by atoms with Crippen molar-refractivity contribution < 1.29 is 14.3 Å². The molecule has 0 saturated carbocycles. The standard InChI is InChI=1S/C38H40ClN5O3/c1-23-25(3)40-44-18-8-11-28-22-29(42(4)41-28)14-13-26-20-27-10-6-7-12-30(27)33(21-26)47-19-9-17-43-32-16-15-31(39)35(36(23)44)34(32)24(2)37(43)38(45)46-5/h6-7,10,12,15-16,20-22H,8-9,11,13-14,17-19H2,1-5H3. The molecule has 1 aliphatic rings. The van der Waals surface area contributed by atoms with Gasteiger partial charge in [-0.25, -0.2) is 4.79 Å². The number of nitrogens with zero attached hydrogens (tertiary/aromatic N) is 5. The summed E-state index contributed by atoms with van der Waals surface area (Å²) in [7, 11) is 3.46. The Morgan fingerprint density at radius 1 is 0.936 bits per heavy atom. The van der Waals surface area contributed by atoms with E-state index in [1.165, 1.54) is 18.4 Å². The molecule has 9 heteroatoms. The lowest BCUT2D eigenvalue weighted by Crippen LogP contribution is -2.13. The van der Waals surface area contributed by atoms with Crippen LogP contribution in [0.25, 0.3) is 32.9 Å². The molecule has 0 N–H and O–H groups in total. The predicted octanol–water partition coefficient (Wildman–Crippen LogP) is 7.96. The largest absolute Gasteiger partial charge is 0.493 e. The van der Waals surface area contributed by atoms with Crippen molar-refractivity contribution in [2.75, 3.05) is 13.7 Å².